The maximum absolute atomic E-state index is 15.2. The van der Waals surface area contributed by atoms with Crippen LogP contribution in [0.1, 0.15) is 85.8 Å². The third kappa shape index (κ3) is 12.8. The van der Waals surface area contributed by atoms with Crippen molar-refractivity contribution < 1.29 is 64.4 Å². The van der Waals surface area contributed by atoms with Crippen LogP contribution in [0.5, 0.6) is 23.3 Å². The maximum atomic E-state index is 15.2. The van der Waals surface area contributed by atoms with Gasteiger partial charge in [-0.05, 0) is 162 Å². The van der Waals surface area contributed by atoms with Gasteiger partial charge in [0, 0.05) is 88.0 Å². The van der Waals surface area contributed by atoms with Gasteiger partial charge in [0.05, 0.1) is 117 Å². The van der Waals surface area contributed by atoms with Gasteiger partial charge in [-0.3, -0.25) is 24.3 Å². The number of piperazine rings is 1. The van der Waals surface area contributed by atoms with Crippen molar-refractivity contribution in [1.82, 2.24) is 45.1 Å². The van der Waals surface area contributed by atoms with Gasteiger partial charge in [-0.1, -0.05) is 18.2 Å². The first kappa shape index (κ1) is 71.0. The minimum absolute atomic E-state index is 0.0294. The summed E-state index contributed by atoms with van der Waals surface area (Å²) >= 11 is 0. The van der Waals surface area contributed by atoms with Crippen LogP contribution in [0, 0.1) is 34.5 Å². The number of aromatic nitrogens is 2. The van der Waals surface area contributed by atoms with Crippen molar-refractivity contribution in [1.29, 1.82) is 10.5 Å². The first-order chi connectivity index (χ1) is 49.3. The second-order valence-electron chi connectivity index (χ2n) is 27.0. The van der Waals surface area contributed by atoms with E-state index < -0.39 is 55.0 Å². The van der Waals surface area contributed by atoms with E-state index in [0.717, 1.165) is 95.4 Å². The number of urea groups is 2. The van der Waals surface area contributed by atoms with E-state index >= 15 is 4.79 Å². The molecule has 102 heavy (non-hydrogen) atoms. The Morgan fingerprint density at radius 2 is 1.10 bits per heavy atom. The number of rotatable bonds is 17. The standard InChI is InChI=1S/C38H45N7O8S.C35H38N6O6S/c1-5-53-34-29(7-6-14-40-34)38(41-36(47)43-19-17-42(18-20-43)27-12-15-44(16-13-27)37(2)24-52-25-37)30-21-26(23-39)8-10-31(30)45(35(38)46)54(48,49)33-11-9-28(50-3)22-32(33)51-4;1-46-32-29(8-5-15-37-32)35(38-34(43)40-18-13-26(14-19-40)25-11-16-39(17-12-25)27-22-47-23-27)30-20-24(21-36)9-10-31(30)41(33(35)42)48(44,45)28-6-3-2-4-7-28/h6-11,14,21-22,27H,5,12-13,15-20,24-25H2,1-4H3,(H,41,47);2-10,15,20,25-27H,11-14,16-19,22-23H2,1H3,(H,38,43)/t38-;35-/m11/s1. The lowest BCUT2D eigenvalue weighted by Crippen LogP contribution is -2.64. The lowest BCUT2D eigenvalue weighted by Gasteiger charge is -2.51. The molecule has 0 radical (unpaired) electrons. The molecule has 8 aliphatic rings. The number of ether oxygens (including phenoxy) is 6. The predicted octanol–water partition coefficient (Wildman–Crippen LogP) is 6.40. The molecule has 2 N–H and O–H groups in total. The average molecular weight is 1430 g/mol. The van der Waals surface area contributed by atoms with Gasteiger partial charge in [-0.15, -0.1) is 0 Å². The van der Waals surface area contributed by atoms with Crippen LogP contribution in [-0.4, -0.2) is 213 Å². The van der Waals surface area contributed by atoms with E-state index in [-0.39, 0.29) is 84.2 Å². The summed E-state index contributed by atoms with van der Waals surface area (Å²) < 4.78 is 92.1. The van der Waals surface area contributed by atoms with Crippen LogP contribution in [0.15, 0.2) is 131 Å². The van der Waals surface area contributed by atoms with Crippen molar-refractivity contribution in [2.45, 2.75) is 90.9 Å². The molecular weight excluding hydrogens is 1350 g/mol. The Kier molecular flexibility index (Phi) is 20.3. The highest BCUT2D eigenvalue weighted by Crippen LogP contribution is 2.52. The Balaban J connectivity index is 0.000000183. The Morgan fingerprint density at radius 3 is 1.60 bits per heavy atom. The highest BCUT2D eigenvalue weighted by atomic mass is 32.2. The third-order valence-electron chi connectivity index (χ3n) is 21.5. The summed E-state index contributed by atoms with van der Waals surface area (Å²) in [5, 5.41) is 25.8. The number of pyridine rings is 2. The first-order valence-electron chi connectivity index (χ1n) is 34.4. The second kappa shape index (κ2) is 29.1. The molecule has 4 aromatic carbocycles. The summed E-state index contributed by atoms with van der Waals surface area (Å²) in [4.78, 5) is 78.0. The molecule has 0 spiro atoms. The molecule has 2 atom stereocenters. The van der Waals surface area contributed by atoms with Gasteiger partial charge in [-0.2, -0.15) is 19.1 Å². The number of methoxy groups -OCH3 is 3. The van der Waals surface area contributed by atoms with E-state index in [1.807, 2.05) is 0 Å². The number of carbonyl (C=O) groups excluding carboxylic acids is 4. The second-order valence-corrected chi connectivity index (χ2v) is 30.5. The number of likely N-dealkylation sites (tertiary alicyclic amines) is 3. The zero-order valence-corrected chi connectivity index (χ0v) is 59.3. The molecule has 27 nitrogen and oxygen atoms in total. The van der Waals surface area contributed by atoms with Crippen molar-refractivity contribution >= 4 is 55.3 Å². The Hall–Kier alpha value is -9.46. The lowest BCUT2D eigenvalue weighted by atomic mass is 9.78. The van der Waals surface area contributed by atoms with Crippen LogP contribution in [0.3, 0.4) is 0 Å². The smallest absolute Gasteiger partial charge is 0.318 e. The maximum Gasteiger partial charge on any atom is 0.318 e. The average Bonchev–Trinajstić information content (AvgIpc) is 1.54. The number of anilines is 2. The van der Waals surface area contributed by atoms with Crippen molar-refractivity contribution in [2.24, 2.45) is 11.8 Å². The summed E-state index contributed by atoms with van der Waals surface area (Å²) in [5.74, 6) is -0.454. The highest BCUT2D eigenvalue weighted by molar-refractivity contribution is 7.94. The van der Waals surface area contributed by atoms with E-state index in [1.54, 1.807) is 59.2 Å². The number of benzene rings is 4. The molecular formula is C73H83N13O14S2. The number of nitrogens with zero attached hydrogens (tertiary/aromatic N) is 11. The van der Waals surface area contributed by atoms with Crippen molar-refractivity contribution in [3.05, 3.63) is 155 Å². The number of fused-ring (bicyclic) bond motifs is 2. The highest BCUT2D eigenvalue weighted by Gasteiger charge is 2.61. The summed E-state index contributed by atoms with van der Waals surface area (Å²) in [5.41, 5.74) is -3.25. The quantitative estimate of drug-likeness (QED) is 0.0997. The molecule has 10 heterocycles. The number of sulfonamides is 2. The summed E-state index contributed by atoms with van der Waals surface area (Å²) in [6, 6.07) is 30.7. The van der Waals surface area contributed by atoms with Crippen LogP contribution in [-0.2, 0) is 50.2 Å². The summed E-state index contributed by atoms with van der Waals surface area (Å²) in [7, 11) is -5.01. The monoisotopic (exact) mass is 1430 g/mol. The van der Waals surface area contributed by atoms with E-state index in [0.29, 0.717) is 73.2 Å². The van der Waals surface area contributed by atoms with Gasteiger partial charge in [0.1, 0.15) is 16.4 Å². The van der Waals surface area contributed by atoms with Gasteiger partial charge in [0.25, 0.3) is 31.9 Å². The fraction of sp³-hybridized carbons (Fsp3) is 0.452. The number of hydrogen-bond donors (Lipinski definition) is 2. The molecule has 6 fully saturated rings. The fourth-order valence-corrected chi connectivity index (χ4v) is 18.8. The zero-order valence-electron chi connectivity index (χ0n) is 57.7. The first-order valence-corrected chi connectivity index (χ1v) is 37.3. The molecule has 6 aromatic rings. The number of piperidine rings is 3. The Labute approximate surface area is 593 Å². The molecule has 0 saturated carbocycles. The van der Waals surface area contributed by atoms with Gasteiger partial charge in [0.2, 0.25) is 11.8 Å². The molecule has 8 aliphatic heterocycles. The predicted molar refractivity (Wildman–Crippen MR) is 373 cm³/mol. The topological polar surface area (TPSA) is 312 Å². The van der Waals surface area contributed by atoms with E-state index in [9.17, 15) is 41.7 Å². The minimum Gasteiger partial charge on any atom is -0.497 e. The molecule has 0 bridgehead atoms. The van der Waals surface area contributed by atoms with E-state index in [4.69, 9.17) is 28.4 Å². The van der Waals surface area contributed by atoms with Crippen LogP contribution in [0.25, 0.3) is 0 Å². The lowest BCUT2D eigenvalue weighted by molar-refractivity contribution is -0.139. The molecule has 0 aliphatic carbocycles. The Morgan fingerprint density at radius 1 is 0.569 bits per heavy atom. The van der Waals surface area contributed by atoms with E-state index in [1.165, 1.54) is 100 Å². The van der Waals surface area contributed by atoms with Gasteiger partial charge >= 0.3 is 12.1 Å². The number of nitriles is 2. The molecule has 6 amide bonds. The van der Waals surface area contributed by atoms with Gasteiger partial charge in [-0.25, -0.2) is 36.4 Å². The SMILES string of the molecule is CCOc1ncccc1[C@]1(NC(=O)N2CCN(C3CCN(C4(C)COC4)CC3)CC2)C(=O)N(S(=O)(=O)c2ccc(OC)cc2OC)c2ccc(C#N)cc21.COc1ncccc1[C@]1(NC(=O)N2CCC(C3CCN(C4COC4)CC3)CC2)C(=O)N(S(=O)(=O)c2ccccc2)c2ccc(C#N)cc21. The summed E-state index contributed by atoms with van der Waals surface area (Å²) in [6.07, 6.45) is 8.97. The van der Waals surface area contributed by atoms with Crippen LogP contribution in [0.4, 0.5) is 21.0 Å². The molecule has 6 saturated heterocycles. The van der Waals surface area contributed by atoms with Crippen LogP contribution < -0.4 is 38.2 Å². The fourth-order valence-electron chi connectivity index (χ4n) is 15.7. The van der Waals surface area contributed by atoms with Crippen LogP contribution >= 0.6 is 0 Å². The van der Waals surface area contributed by atoms with Crippen LogP contribution in [0.2, 0.25) is 0 Å². The van der Waals surface area contributed by atoms with Gasteiger partial charge < -0.3 is 48.9 Å². The molecule has 2 aromatic heterocycles. The molecule has 0 unspecified atom stereocenters. The number of carbonyl (C=O) groups is 4. The molecule has 536 valence electrons. The zero-order chi connectivity index (χ0) is 71.7. The largest absolute Gasteiger partial charge is 0.497 e. The third-order valence-corrected chi connectivity index (χ3v) is 24.9. The van der Waals surface area contributed by atoms with Crippen molar-refractivity contribution in [2.75, 3.05) is 128 Å². The van der Waals surface area contributed by atoms with Gasteiger partial charge in [0.15, 0.2) is 11.1 Å². The number of amides is 6. The molecule has 14 rings (SSSR count). The normalized spacial score (nSPS) is 22.2. The summed E-state index contributed by atoms with van der Waals surface area (Å²) in [6.45, 7) is 14.6. The van der Waals surface area contributed by atoms with E-state index in [2.05, 4.69) is 54.4 Å². The number of nitrogens with one attached hydrogen (secondary N) is 2. The number of hydrogen-bond acceptors (Lipinski definition) is 21. The van der Waals surface area contributed by atoms with Crippen molar-refractivity contribution in [3.63, 3.8) is 0 Å². The van der Waals surface area contributed by atoms with Crippen molar-refractivity contribution in [3.8, 4) is 35.4 Å². The minimum atomic E-state index is -4.71. The Bertz CT molecular complexity index is 4480. The molecule has 29 heteroatoms.